The van der Waals surface area contributed by atoms with E-state index in [0.717, 1.165) is 5.56 Å². The fourth-order valence-corrected chi connectivity index (χ4v) is 1.89. The van der Waals surface area contributed by atoms with Gasteiger partial charge in [0.2, 0.25) is 0 Å². The molecule has 0 unspecified atom stereocenters. The number of hydrogen-bond acceptors (Lipinski definition) is 5. The van der Waals surface area contributed by atoms with Crippen molar-refractivity contribution in [3.8, 4) is 5.82 Å². The molecular formula is C14H13FN6. The Morgan fingerprint density at radius 3 is 2.71 bits per heavy atom. The predicted molar refractivity (Wildman–Crippen MR) is 77.3 cm³/mol. The lowest BCUT2D eigenvalue weighted by Crippen LogP contribution is -2.10. The van der Waals surface area contributed by atoms with Gasteiger partial charge in [0.1, 0.15) is 17.8 Å². The van der Waals surface area contributed by atoms with Crippen LogP contribution in [0.5, 0.6) is 0 Å². The summed E-state index contributed by atoms with van der Waals surface area (Å²) in [5.74, 6) is 0.762. The maximum absolute atomic E-state index is 12.9. The summed E-state index contributed by atoms with van der Waals surface area (Å²) in [6, 6.07) is 8.01. The quantitative estimate of drug-likeness (QED) is 0.765. The average molecular weight is 284 g/mol. The summed E-state index contributed by atoms with van der Waals surface area (Å²) in [5, 5.41) is 7.20. The van der Waals surface area contributed by atoms with Crippen LogP contribution in [0.3, 0.4) is 0 Å². The Morgan fingerprint density at radius 2 is 2.00 bits per heavy atom. The van der Waals surface area contributed by atoms with Gasteiger partial charge in [-0.2, -0.15) is 5.10 Å². The van der Waals surface area contributed by atoms with Gasteiger partial charge >= 0.3 is 0 Å². The summed E-state index contributed by atoms with van der Waals surface area (Å²) in [4.78, 5) is 8.24. The number of hydrogen-bond donors (Lipinski definition) is 2. The van der Waals surface area contributed by atoms with E-state index in [0.29, 0.717) is 23.9 Å². The lowest BCUT2D eigenvalue weighted by molar-refractivity contribution is 0.627. The number of anilines is 2. The number of benzene rings is 1. The minimum absolute atomic E-state index is 0.263. The highest BCUT2D eigenvalue weighted by molar-refractivity contribution is 5.68. The number of nitrogens with zero attached hydrogens (tertiary/aromatic N) is 4. The fraction of sp³-hybridized carbons (Fsp3) is 0.0714. The van der Waals surface area contributed by atoms with Crippen molar-refractivity contribution >= 4 is 11.5 Å². The molecule has 0 aliphatic heterocycles. The van der Waals surface area contributed by atoms with Crippen LogP contribution in [0.2, 0.25) is 0 Å². The van der Waals surface area contributed by atoms with Crippen molar-refractivity contribution in [1.29, 1.82) is 0 Å². The molecule has 0 amide bonds. The van der Waals surface area contributed by atoms with E-state index < -0.39 is 0 Å². The van der Waals surface area contributed by atoms with Crippen LogP contribution in [0.1, 0.15) is 5.56 Å². The molecule has 2 heterocycles. The van der Waals surface area contributed by atoms with E-state index in [2.05, 4.69) is 20.4 Å². The van der Waals surface area contributed by atoms with Crippen molar-refractivity contribution in [2.24, 2.45) is 0 Å². The molecule has 3 aromatic rings. The van der Waals surface area contributed by atoms with Crippen LogP contribution < -0.4 is 11.1 Å². The topological polar surface area (TPSA) is 81.6 Å². The molecule has 21 heavy (non-hydrogen) atoms. The van der Waals surface area contributed by atoms with Crippen LogP contribution in [0.4, 0.5) is 15.9 Å². The second kappa shape index (κ2) is 5.58. The van der Waals surface area contributed by atoms with E-state index in [9.17, 15) is 4.39 Å². The van der Waals surface area contributed by atoms with Gasteiger partial charge in [0.25, 0.3) is 0 Å². The first kappa shape index (κ1) is 13.0. The third kappa shape index (κ3) is 2.81. The minimum Gasteiger partial charge on any atom is -0.393 e. The lowest BCUT2D eigenvalue weighted by Gasteiger charge is -2.11. The zero-order chi connectivity index (χ0) is 14.7. The molecule has 0 fully saturated rings. The monoisotopic (exact) mass is 284 g/mol. The Morgan fingerprint density at radius 1 is 1.19 bits per heavy atom. The molecular weight excluding hydrogens is 271 g/mol. The van der Waals surface area contributed by atoms with Gasteiger partial charge < -0.3 is 11.1 Å². The highest BCUT2D eigenvalue weighted by Crippen LogP contribution is 2.21. The molecule has 0 aliphatic rings. The molecule has 106 valence electrons. The van der Waals surface area contributed by atoms with Crippen LogP contribution in [-0.2, 0) is 6.54 Å². The smallest absolute Gasteiger partial charge is 0.181 e. The van der Waals surface area contributed by atoms with Crippen LogP contribution >= 0.6 is 0 Å². The zero-order valence-corrected chi connectivity index (χ0v) is 11.1. The number of aromatic nitrogens is 4. The van der Waals surface area contributed by atoms with Gasteiger partial charge in [-0.1, -0.05) is 12.1 Å². The van der Waals surface area contributed by atoms with E-state index in [4.69, 9.17) is 5.73 Å². The highest BCUT2D eigenvalue weighted by Gasteiger charge is 2.09. The van der Waals surface area contributed by atoms with Gasteiger partial charge in [0.05, 0.1) is 0 Å². The van der Waals surface area contributed by atoms with Crippen molar-refractivity contribution in [1.82, 2.24) is 19.7 Å². The zero-order valence-electron chi connectivity index (χ0n) is 11.1. The number of nitrogens with two attached hydrogens (primary N) is 1. The molecule has 7 heteroatoms. The summed E-state index contributed by atoms with van der Waals surface area (Å²) >= 11 is 0. The third-order valence-electron chi connectivity index (χ3n) is 2.96. The first-order valence-electron chi connectivity index (χ1n) is 6.33. The molecule has 0 aliphatic carbocycles. The van der Waals surface area contributed by atoms with E-state index >= 15 is 0 Å². The summed E-state index contributed by atoms with van der Waals surface area (Å²) in [7, 11) is 0. The number of halogens is 1. The maximum Gasteiger partial charge on any atom is 0.181 e. The molecule has 0 bridgehead atoms. The summed E-state index contributed by atoms with van der Waals surface area (Å²) in [6.45, 7) is 0.486. The fourth-order valence-electron chi connectivity index (χ4n) is 1.89. The van der Waals surface area contributed by atoms with Crippen molar-refractivity contribution in [3.05, 3.63) is 60.4 Å². The minimum atomic E-state index is -0.263. The molecule has 0 saturated carbocycles. The van der Waals surface area contributed by atoms with Crippen LogP contribution in [0.25, 0.3) is 5.82 Å². The van der Waals surface area contributed by atoms with E-state index in [1.165, 1.54) is 18.5 Å². The molecule has 0 atom stereocenters. The Hall–Kier alpha value is -2.96. The largest absolute Gasteiger partial charge is 0.393 e. The van der Waals surface area contributed by atoms with Crippen LogP contribution in [0, 0.1) is 5.82 Å². The SMILES string of the molecule is Nc1c(NCc2ccc(F)cc2)ncnc1-n1cccn1. The first-order valence-corrected chi connectivity index (χ1v) is 6.33. The maximum atomic E-state index is 12.9. The lowest BCUT2D eigenvalue weighted by atomic mass is 10.2. The normalized spacial score (nSPS) is 10.5. The highest BCUT2D eigenvalue weighted by atomic mass is 19.1. The van der Waals surface area contributed by atoms with Gasteiger partial charge in [0, 0.05) is 18.9 Å². The number of rotatable bonds is 4. The van der Waals surface area contributed by atoms with Crippen molar-refractivity contribution in [2.75, 3.05) is 11.1 Å². The summed E-state index contributed by atoms with van der Waals surface area (Å²) < 4.78 is 14.4. The second-order valence-electron chi connectivity index (χ2n) is 4.39. The van der Waals surface area contributed by atoms with Crippen molar-refractivity contribution < 1.29 is 4.39 Å². The third-order valence-corrected chi connectivity index (χ3v) is 2.96. The van der Waals surface area contributed by atoms with Gasteiger partial charge in [-0.15, -0.1) is 0 Å². The Bertz CT molecular complexity index is 724. The van der Waals surface area contributed by atoms with Gasteiger partial charge in [0.15, 0.2) is 11.6 Å². The second-order valence-corrected chi connectivity index (χ2v) is 4.39. The molecule has 3 N–H and O–H groups in total. The van der Waals surface area contributed by atoms with E-state index in [-0.39, 0.29) is 5.82 Å². The van der Waals surface area contributed by atoms with Crippen molar-refractivity contribution in [3.63, 3.8) is 0 Å². The van der Waals surface area contributed by atoms with E-state index in [1.807, 2.05) is 0 Å². The molecule has 2 aromatic heterocycles. The van der Waals surface area contributed by atoms with Gasteiger partial charge in [-0.25, -0.2) is 19.0 Å². The van der Waals surface area contributed by atoms with E-state index in [1.54, 1.807) is 35.3 Å². The molecule has 1 aromatic carbocycles. The van der Waals surface area contributed by atoms with Gasteiger partial charge in [-0.05, 0) is 23.8 Å². The van der Waals surface area contributed by atoms with Gasteiger partial charge in [-0.3, -0.25) is 0 Å². The molecule has 3 rings (SSSR count). The summed E-state index contributed by atoms with van der Waals surface area (Å²) in [6.07, 6.45) is 4.82. The molecule has 0 saturated heterocycles. The average Bonchev–Trinajstić information content (AvgIpc) is 3.02. The molecule has 6 nitrogen and oxygen atoms in total. The van der Waals surface area contributed by atoms with Crippen LogP contribution in [-0.4, -0.2) is 19.7 Å². The number of nitrogen functional groups attached to an aromatic ring is 1. The molecule has 0 spiro atoms. The first-order chi connectivity index (χ1) is 10.2. The number of nitrogens with one attached hydrogen (secondary N) is 1. The Labute approximate surface area is 120 Å². The molecule has 0 radical (unpaired) electrons. The van der Waals surface area contributed by atoms with Crippen LogP contribution in [0.15, 0.2) is 49.1 Å². The standard InChI is InChI=1S/C14H13FN6/c15-11-4-2-10(3-5-11)8-17-13-12(16)14(19-9-18-13)21-7-1-6-20-21/h1-7,9H,8,16H2,(H,17,18,19). The summed E-state index contributed by atoms with van der Waals surface area (Å²) in [5.41, 5.74) is 7.39. The predicted octanol–water partition coefficient (Wildman–Crippen LogP) is 2.00. The Kier molecular flexibility index (Phi) is 3.46. The Balaban J connectivity index is 1.80. The van der Waals surface area contributed by atoms with Crippen molar-refractivity contribution in [2.45, 2.75) is 6.54 Å².